The van der Waals surface area contributed by atoms with E-state index in [2.05, 4.69) is 5.32 Å². The van der Waals surface area contributed by atoms with Crippen LogP contribution in [-0.2, 0) is 17.6 Å². The highest BCUT2D eigenvalue weighted by Crippen LogP contribution is 2.31. The summed E-state index contributed by atoms with van der Waals surface area (Å²) in [5.41, 5.74) is 4.31. The summed E-state index contributed by atoms with van der Waals surface area (Å²) < 4.78 is 5.81. The van der Waals surface area contributed by atoms with E-state index in [0.29, 0.717) is 30.0 Å². The number of ether oxygens (including phenoxy) is 1. The Kier molecular flexibility index (Phi) is 4.85. The molecular formula is C18H18N2O5. The lowest BCUT2D eigenvalue weighted by Gasteiger charge is -2.23. The maximum absolute atomic E-state index is 11.6. The molecule has 3 rings (SSSR count). The molecule has 25 heavy (non-hydrogen) atoms. The summed E-state index contributed by atoms with van der Waals surface area (Å²) in [5, 5.41) is 19.8. The molecule has 0 aromatic heterocycles. The molecule has 2 aromatic rings. The van der Waals surface area contributed by atoms with E-state index in [9.17, 15) is 9.59 Å². The highest BCUT2D eigenvalue weighted by Gasteiger charge is 2.24. The lowest BCUT2D eigenvalue weighted by molar-refractivity contribution is -0.133. The number of aryl methyl sites for hydroxylation is 1. The molecule has 0 aliphatic heterocycles. The molecule has 2 aromatic carbocycles. The van der Waals surface area contributed by atoms with Crippen LogP contribution in [0.15, 0.2) is 42.5 Å². The Morgan fingerprint density at radius 3 is 2.64 bits per heavy atom. The van der Waals surface area contributed by atoms with Crippen molar-refractivity contribution in [2.24, 2.45) is 5.92 Å². The topological polar surface area (TPSA) is 108 Å². The quantitative estimate of drug-likeness (QED) is 0.504. The van der Waals surface area contributed by atoms with Gasteiger partial charge in [0.1, 0.15) is 11.5 Å². The number of carbonyl (C=O) groups is 2. The second-order valence-corrected chi connectivity index (χ2v) is 5.91. The maximum atomic E-state index is 11.6. The van der Waals surface area contributed by atoms with Gasteiger partial charge in [0.15, 0.2) is 0 Å². The molecule has 0 saturated carbocycles. The molecule has 1 unspecified atom stereocenters. The van der Waals surface area contributed by atoms with Crippen LogP contribution in [0.2, 0.25) is 0 Å². The molecule has 0 radical (unpaired) electrons. The van der Waals surface area contributed by atoms with Crippen molar-refractivity contribution < 1.29 is 24.6 Å². The third-order valence-electron chi connectivity index (χ3n) is 4.21. The standard InChI is InChI=1S/C18H18N2O5/c21-17(20-24)12-5-4-11-6-7-16(9-13(11)8-12)25-15-3-1-2-14(10-15)19-18(22)23/h1-3,6-7,9-10,12,19,24H,4-5,8H2,(H,20,21)(H,22,23). The first-order chi connectivity index (χ1) is 12.0. The van der Waals surface area contributed by atoms with Crippen LogP contribution >= 0.6 is 0 Å². The summed E-state index contributed by atoms with van der Waals surface area (Å²) in [6.45, 7) is 0. The van der Waals surface area contributed by atoms with Gasteiger partial charge in [-0.1, -0.05) is 12.1 Å². The van der Waals surface area contributed by atoms with Gasteiger partial charge in [-0.05, 0) is 54.7 Å². The second kappa shape index (κ2) is 7.23. The first-order valence-electron chi connectivity index (χ1n) is 7.89. The number of rotatable bonds is 4. The van der Waals surface area contributed by atoms with Crippen LogP contribution in [0.25, 0.3) is 0 Å². The predicted octanol–water partition coefficient (Wildman–Crippen LogP) is 3.18. The number of anilines is 1. The molecule has 1 atom stereocenters. The van der Waals surface area contributed by atoms with Gasteiger partial charge >= 0.3 is 6.09 Å². The van der Waals surface area contributed by atoms with Crippen molar-refractivity contribution in [2.45, 2.75) is 19.3 Å². The summed E-state index contributed by atoms with van der Waals surface area (Å²) in [6.07, 6.45) is 0.868. The van der Waals surface area contributed by atoms with Gasteiger partial charge in [-0.15, -0.1) is 0 Å². The Morgan fingerprint density at radius 1 is 1.08 bits per heavy atom. The molecule has 2 amide bonds. The van der Waals surface area contributed by atoms with E-state index >= 15 is 0 Å². The molecular weight excluding hydrogens is 324 g/mol. The Bertz CT molecular complexity index is 806. The maximum Gasteiger partial charge on any atom is 0.409 e. The van der Waals surface area contributed by atoms with Crippen molar-refractivity contribution in [1.29, 1.82) is 0 Å². The van der Waals surface area contributed by atoms with Crippen molar-refractivity contribution in [3.8, 4) is 11.5 Å². The highest BCUT2D eigenvalue weighted by atomic mass is 16.5. The van der Waals surface area contributed by atoms with Gasteiger partial charge in [-0.25, -0.2) is 10.3 Å². The van der Waals surface area contributed by atoms with Gasteiger partial charge in [0.25, 0.3) is 0 Å². The summed E-state index contributed by atoms with van der Waals surface area (Å²) in [6, 6.07) is 12.3. The molecule has 7 nitrogen and oxygen atoms in total. The van der Waals surface area contributed by atoms with Crippen LogP contribution in [0.5, 0.6) is 11.5 Å². The zero-order valence-electron chi connectivity index (χ0n) is 13.4. The van der Waals surface area contributed by atoms with E-state index in [4.69, 9.17) is 15.1 Å². The molecule has 0 heterocycles. The van der Waals surface area contributed by atoms with Gasteiger partial charge in [-0.3, -0.25) is 15.3 Å². The molecule has 0 fully saturated rings. The van der Waals surface area contributed by atoms with Crippen molar-refractivity contribution in [2.75, 3.05) is 5.32 Å². The lowest BCUT2D eigenvalue weighted by Crippen LogP contribution is -2.31. The Balaban J connectivity index is 1.76. The summed E-state index contributed by atoms with van der Waals surface area (Å²) >= 11 is 0. The zero-order chi connectivity index (χ0) is 17.8. The van der Waals surface area contributed by atoms with Crippen LogP contribution in [0.3, 0.4) is 0 Å². The number of amides is 2. The van der Waals surface area contributed by atoms with E-state index in [1.54, 1.807) is 29.7 Å². The van der Waals surface area contributed by atoms with Crippen LogP contribution in [0.4, 0.5) is 10.5 Å². The third-order valence-corrected chi connectivity index (χ3v) is 4.21. The van der Waals surface area contributed by atoms with Gasteiger partial charge in [0.05, 0.1) is 0 Å². The fourth-order valence-electron chi connectivity index (χ4n) is 3.01. The number of hydrogen-bond donors (Lipinski definition) is 4. The number of benzene rings is 2. The number of carbonyl (C=O) groups excluding carboxylic acids is 1. The summed E-state index contributed by atoms with van der Waals surface area (Å²) in [7, 11) is 0. The number of fused-ring (bicyclic) bond motifs is 1. The fourth-order valence-corrected chi connectivity index (χ4v) is 3.01. The van der Waals surface area contributed by atoms with E-state index in [1.807, 2.05) is 18.2 Å². The molecule has 0 bridgehead atoms. The van der Waals surface area contributed by atoms with Gasteiger partial charge in [0, 0.05) is 17.7 Å². The first kappa shape index (κ1) is 16.8. The van der Waals surface area contributed by atoms with Crippen molar-refractivity contribution >= 4 is 17.7 Å². The minimum atomic E-state index is -1.14. The average molecular weight is 342 g/mol. The summed E-state index contributed by atoms with van der Waals surface area (Å²) in [4.78, 5) is 22.3. The Labute approximate surface area is 144 Å². The van der Waals surface area contributed by atoms with Gasteiger partial charge in [-0.2, -0.15) is 0 Å². The van der Waals surface area contributed by atoms with Crippen LogP contribution in [0.1, 0.15) is 17.5 Å². The molecule has 7 heteroatoms. The fraction of sp³-hybridized carbons (Fsp3) is 0.222. The largest absolute Gasteiger partial charge is 0.465 e. The first-order valence-corrected chi connectivity index (χ1v) is 7.89. The summed E-state index contributed by atoms with van der Waals surface area (Å²) in [5.74, 6) is 0.489. The van der Waals surface area contributed by atoms with Gasteiger partial charge < -0.3 is 9.84 Å². The van der Waals surface area contributed by atoms with Crippen molar-refractivity contribution in [3.05, 3.63) is 53.6 Å². The van der Waals surface area contributed by atoms with Crippen LogP contribution < -0.4 is 15.5 Å². The van der Waals surface area contributed by atoms with Gasteiger partial charge in [0.2, 0.25) is 5.91 Å². The van der Waals surface area contributed by atoms with E-state index in [1.165, 1.54) is 0 Å². The SMILES string of the molecule is O=C(O)Nc1cccc(Oc2ccc3c(c2)CC(C(=O)NO)CC3)c1. The Morgan fingerprint density at radius 2 is 1.88 bits per heavy atom. The lowest BCUT2D eigenvalue weighted by atomic mass is 9.83. The van der Waals surface area contributed by atoms with Crippen LogP contribution in [-0.4, -0.2) is 22.3 Å². The molecule has 1 aliphatic rings. The number of hydroxylamine groups is 1. The van der Waals surface area contributed by atoms with E-state index < -0.39 is 6.09 Å². The minimum absolute atomic E-state index is 0.254. The molecule has 4 N–H and O–H groups in total. The average Bonchev–Trinajstić information content (AvgIpc) is 2.60. The normalized spacial score (nSPS) is 15.8. The van der Waals surface area contributed by atoms with E-state index in [-0.39, 0.29) is 11.8 Å². The number of nitrogens with one attached hydrogen (secondary N) is 2. The van der Waals surface area contributed by atoms with Crippen molar-refractivity contribution in [1.82, 2.24) is 5.48 Å². The molecule has 1 aliphatic carbocycles. The second-order valence-electron chi connectivity index (χ2n) is 5.91. The predicted molar refractivity (Wildman–Crippen MR) is 90.0 cm³/mol. The van der Waals surface area contributed by atoms with Crippen molar-refractivity contribution in [3.63, 3.8) is 0 Å². The monoisotopic (exact) mass is 342 g/mol. The zero-order valence-corrected chi connectivity index (χ0v) is 13.4. The third kappa shape index (κ3) is 4.07. The van der Waals surface area contributed by atoms with E-state index in [0.717, 1.165) is 17.5 Å². The highest BCUT2D eigenvalue weighted by molar-refractivity contribution is 5.83. The minimum Gasteiger partial charge on any atom is -0.465 e. The Hall–Kier alpha value is -3.06. The molecule has 0 saturated heterocycles. The number of hydrogen-bond acceptors (Lipinski definition) is 4. The smallest absolute Gasteiger partial charge is 0.409 e. The van der Waals surface area contributed by atoms with Crippen LogP contribution in [0, 0.1) is 5.92 Å². The number of carboxylic acid groups (broad SMARTS) is 1. The molecule has 0 spiro atoms. The molecule has 130 valence electrons.